The minimum atomic E-state index is -0.767. The van der Waals surface area contributed by atoms with E-state index in [1.165, 1.54) is 17.3 Å². The van der Waals surface area contributed by atoms with E-state index in [9.17, 15) is 14.7 Å². The molecule has 10 heteroatoms. The van der Waals surface area contributed by atoms with Gasteiger partial charge in [-0.05, 0) is 85.1 Å². The number of pyridine rings is 1. The lowest BCUT2D eigenvalue weighted by Gasteiger charge is -2.35. The van der Waals surface area contributed by atoms with Gasteiger partial charge in [-0.25, -0.2) is 4.79 Å². The quantitative estimate of drug-likeness (QED) is 0.179. The van der Waals surface area contributed by atoms with E-state index in [-0.39, 0.29) is 19.1 Å². The van der Waals surface area contributed by atoms with Crippen molar-refractivity contribution in [1.82, 2.24) is 20.2 Å². The average Bonchev–Trinajstić information content (AvgIpc) is 3.43. The van der Waals surface area contributed by atoms with Gasteiger partial charge in [-0.3, -0.25) is 14.7 Å². The third kappa shape index (κ3) is 6.95. The second kappa shape index (κ2) is 13.4. The number of rotatable bonds is 9. The molecule has 1 aliphatic rings. The van der Waals surface area contributed by atoms with E-state index in [1.54, 1.807) is 47.5 Å². The van der Waals surface area contributed by atoms with Crippen LogP contribution in [0.2, 0.25) is 5.02 Å². The van der Waals surface area contributed by atoms with Crippen molar-refractivity contribution in [2.24, 2.45) is 0 Å². The molecule has 0 radical (unpaired) electrons. The number of hydrogen-bond donors (Lipinski definition) is 3. The van der Waals surface area contributed by atoms with Gasteiger partial charge in [-0.1, -0.05) is 35.4 Å². The van der Waals surface area contributed by atoms with Gasteiger partial charge in [0.1, 0.15) is 17.5 Å². The maximum absolute atomic E-state index is 13.5. The number of aryl methyl sites for hydroxylation is 1. The molecule has 2 atom stereocenters. The van der Waals surface area contributed by atoms with Crippen LogP contribution < -0.4 is 14.8 Å². The van der Waals surface area contributed by atoms with E-state index in [0.717, 1.165) is 22.2 Å². The van der Waals surface area contributed by atoms with E-state index in [1.807, 2.05) is 24.3 Å². The van der Waals surface area contributed by atoms with Crippen LogP contribution in [0.3, 0.4) is 0 Å². The molecule has 0 saturated heterocycles. The van der Waals surface area contributed by atoms with Crippen LogP contribution in [0.5, 0.6) is 11.5 Å². The van der Waals surface area contributed by atoms with E-state index < -0.39 is 18.2 Å². The number of aliphatic hydroxyl groups is 1. The molecule has 3 N–H and O–H groups in total. The molecule has 0 fully saturated rings. The van der Waals surface area contributed by atoms with Crippen molar-refractivity contribution < 1.29 is 24.2 Å². The fourth-order valence-electron chi connectivity index (χ4n) is 5.58. The smallest absolute Gasteiger partial charge is 0.416 e. The molecule has 5 aromatic rings. The van der Waals surface area contributed by atoms with Gasteiger partial charge in [0, 0.05) is 53.5 Å². The van der Waals surface area contributed by atoms with E-state index >= 15 is 0 Å². The predicted octanol–water partition coefficient (Wildman–Crippen LogP) is 6.23. The molecule has 1 unspecified atom stereocenters. The Bertz CT molecular complexity index is 1790. The topological polar surface area (TPSA) is 117 Å². The molecule has 0 bridgehead atoms. The number of aromatic nitrogens is 2. The van der Waals surface area contributed by atoms with Crippen molar-refractivity contribution >= 4 is 34.5 Å². The number of fused-ring (bicyclic) bond motifs is 3. The first kappa shape index (κ1) is 30.2. The summed E-state index contributed by atoms with van der Waals surface area (Å²) in [7, 11) is 0. The van der Waals surface area contributed by atoms with Gasteiger partial charge >= 0.3 is 6.09 Å². The Morgan fingerprint density at radius 2 is 1.87 bits per heavy atom. The van der Waals surface area contributed by atoms with Crippen molar-refractivity contribution in [3.05, 3.63) is 124 Å². The van der Waals surface area contributed by atoms with Crippen LogP contribution in [0.15, 0.2) is 91.3 Å². The Balaban J connectivity index is 1.15. The highest BCUT2D eigenvalue weighted by molar-refractivity contribution is 6.30. The maximum atomic E-state index is 13.5. The molecule has 3 heterocycles. The molecule has 2 amide bonds. The fourth-order valence-corrected chi connectivity index (χ4v) is 5.70. The second-order valence-corrected chi connectivity index (χ2v) is 11.5. The Kier molecular flexibility index (Phi) is 9.00. The Labute approximate surface area is 265 Å². The molecule has 9 nitrogen and oxygen atoms in total. The van der Waals surface area contributed by atoms with E-state index in [2.05, 4.69) is 40.4 Å². The number of nitrogens with one attached hydrogen (secondary N) is 2. The number of aliphatic hydroxyl groups excluding tert-OH is 1. The summed E-state index contributed by atoms with van der Waals surface area (Å²) in [6.45, 7) is 2.92. The highest BCUT2D eigenvalue weighted by Crippen LogP contribution is 2.39. The van der Waals surface area contributed by atoms with Crippen molar-refractivity contribution in [3.63, 3.8) is 0 Å². The summed E-state index contributed by atoms with van der Waals surface area (Å²) in [5, 5.41) is 14.8. The monoisotopic (exact) mass is 624 g/mol. The third-order valence-electron chi connectivity index (χ3n) is 7.87. The number of nitrogens with zero attached hydrogens (tertiary/aromatic N) is 2. The van der Waals surface area contributed by atoms with E-state index in [0.29, 0.717) is 41.5 Å². The van der Waals surface area contributed by atoms with Crippen molar-refractivity contribution in [3.8, 4) is 11.5 Å². The largest absolute Gasteiger partial charge is 0.493 e. The molecule has 6 rings (SSSR count). The van der Waals surface area contributed by atoms with Gasteiger partial charge in [0.05, 0.1) is 18.3 Å². The summed E-state index contributed by atoms with van der Waals surface area (Å²) < 4.78 is 11.7. The Morgan fingerprint density at radius 3 is 2.62 bits per heavy atom. The van der Waals surface area contributed by atoms with Crippen LogP contribution >= 0.6 is 11.6 Å². The summed E-state index contributed by atoms with van der Waals surface area (Å²) in [6.07, 6.45) is 2.88. The Hall–Kier alpha value is -4.86. The molecule has 0 aliphatic carbocycles. The fraction of sp³-hybridized carbons (Fsp3) is 0.229. The number of carbonyl (C=O) groups is 2. The van der Waals surface area contributed by atoms with Gasteiger partial charge in [0.25, 0.3) is 5.91 Å². The normalized spacial score (nSPS) is 14.9. The number of aromatic amines is 1. The summed E-state index contributed by atoms with van der Waals surface area (Å²) in [5.41, 5.74) is 5.69. The van der Waals surface area contributed by atoms with Gasteiger partial charge in [0.15, 0.2) is 0 Å². The van der Waals surface area contributed by atoms with Crippen LogP contribution in [-0.4, -0.2) is 57.8 Å². The van der Waals surface area contributed by atoms with Crippen LogP contribution in [0.25, 0.3) is 10.9 Å². The SMILES string of the molecule is Cc1ccc2[nH]c3c(c2c1)CCN(C(=O)Oc1ccc(Cl)cc1)[C@H]3c1ccc(OCCC(O)CNC(=O)c2cccnc2)cc1. The molecule has 1 aliphatic heterocycles. The van der Waals surface area contributed by atoms with Crippen molar-refractivity contribution in [1.29, 1.82) is 0 Å². The summed E-state index contributed by atoms with van der Waals surface area (Å²) in [4.78, 5) is 35.0. The zero-order valence-corrected chi connectivity index (χ0v) is 25.5. The average molecular weight is 625 g/mol. The molecule has 0 saturated carbocycles. The lowest BCUT2D eigenvalue weighted by Crippen LogP contribution is -2.42. The van der Waals surface area contributed by atoms with Crippen LogP contribution in [0, 0.1) is 6.92 Å². The zero-order valence-electron chi connectivity index (χ0n) is 24.7. The van der Waals surface area contributed by atoms with Crippen LogP contribution in [0.4, 0.5) is 4.79 Å². The second-order valence-electron chi connectivity index (χ2n) is 11.0. The molecular formula is C35H33ClN4O5. The van der Waals surface area contributed by atoms with Gasteiger partial charge in [-0.2, -0.15) is 0 Å². The predicted molar refractivity (Wildman–Crippen MR) is 172 cm³/mol. The first-order valence-electron chi connectivity index (χ1n) is 14.8. The zero-order chi connectivity index (χ0) is 31.3. The highest BCUT2D eigenvalue weighted by Gasteiger charge is 2.35. The Morgan fingerprint density at radius 1 is 1.09 bits per heavy atom. The third-order valence-corrected chi connectivity index (χ3v) is 8.13. The van der Waals surface area contributed by atoms with Gasteiger partial charge in [0.2, 0.25) is 0 Å². The van der Waals surface area contributed by atoms with E-state index in [4.69, 9.17) is 21.1 Å². The molecular weight excluding hydrogens is 592 g/mol. The standard InChI is InChI=1S/C35H33ClN4O5/c1-22-4-13-31-30(19-22)29-14-17-40(35(43)45-28-11-7-25(36)8-12-28)33(32(29)39-31)23-5-9-27(10-6-23)44-18-15-26(41)21-38-34(42)24-3-2-16-37-20-24/h2-13,16,19-20,26,33,39,41H,14-15,17-18,21H2,1H3,(H,38,42)/t26?,33-/m0/s1. The van der Waals surface area contributed by atoms with Crippen LogP contribution in [-0.2, 0) is 6.42 Å². The number of H-pyrrole nitrogens is 1. The molecule has 230 valence electrons. The number of halogens is 1. The summed E-state index contributed by atoms with van der Waals surface area (Å²) in [5.74, 6) is 0.758. The first-order chi connectivity index (χ1) is 21.9. The number of hydrogen-bond acceptors (Lipinski definition) is 6. The minimum absolute atomic E-state index is 0.103. The maximum Gasteiger partial charge on any atom is 0.416 e. The molecule has 0 spiro atoms. The van der Waals surface area contributed by atoms with Crippen molar-refractivity contribution in [2.45, 2.75) is 31.9 Å². The number of carbonyl (C=O) groups excluding carboxylic acids is 2. The highest BCUT2D eigenvalue weighted by atomic mass is 35.5. The number of ether oxygens (including phenoxy) is 2. The molecule has 2 aromatic heterocycles. The number of benzene rings is 3. The lowest BCUT2D eigenvalue weighted by atomic mass is 9.92. The van der Waals surface area contributed by atoms with Gasteiger partial charge in [-0.15, -0.1) is 0 Å². The minimum Gasteiger partial charge on any atom is -0.493 e. The molecule has 3 aromatic carbocycles. The lowest BCUT2D eigenvalue weighted by molar-refractivity contribution is 0.0895. The summed E-state index contributed by atoms with van der Waals surface area (Å²) >= 11 is 6.02. The first-order valence-corrected chi connectivity index (χ1v) is 15.2. The van der Waals surface area contributed by atoms with Crippen molar-refractivity contribution in [2.75, 3.05) is 19.7 Å². The number of amides is 2. The summed E-state index contributed by atoms with van der Waals surface area (Å²) in [6, 6.07) is 23.6. The van der Waals surface area contributed by atoms with Gasteiger partial charge < -0.3 is 24.9 Å². The molecule has 45 heavy (non-hydrogen) atoms. The van der Waals surface area contributed by atoms with Crippen LogP contribution in [0.1, 0.15) is 45.2 Å².